The number of nitrogens with zero attached hydrogens (tertiary/aromatic N) is 1. The SMILES string of the molecule is Cc1ncsc1CCOS(=O)(=O)C(C)S(=O)(=O)O. The predicted octanol–water partition coefficient (Wildman–Crippen LogP) is 0.574. The van der Waals surface area contributed by atoms with Crippen molar-refractivity contribution in [3.05, 3.63) is 16.1 Å². The molecule has 104 valence electrons. The Balaban J connectivity index is 2.61. The third-order valence-electron chi connectivity index (χ3n) is 2.25. The fraction of sp³-hybridized carbons (Fsp3) is 0.625. The molecule has 1 atom stereocenters. The van der Waals surface area contributed by atoms with Crippen LogP contribution in [0.25, 0.3) is 0 Å². The van der Waals surface area contributed by atoms with E-state index >= 15 is 0 Å². The molecule has 18 heavy (non-hydrogen) atoms. The molecule has 1 aromatic heterocycles. The van der Waals surface area contributed by atoms with Crippen LogP contribution in [0.4, 0.5) is 0 Å². The van der Waals surface area contributed by atoms with Crippen LogP contribution in [0.5, 0.6) is 0 Å². The lowest BCUT2D eigenvalue weighted by atomic mass is 10.3. The molecule has 1 unspecified atom stereocenters. The first-order valence-corrected chi connectivity index (χ1v) is 8.73. The van der Waals surface area contributed by atoms with E-state index in [1.165, 1.54) is 11.3 Å². The maximum absolute atomic E-state index is 11.4. The van der Waals surface area contributed by atoms with Gasteiger partial charge in [0.05, 0.1) is 17.8 Å². The molecule has 1 N–H and O–H groups in total. The van der Waals surface area contributed by atoms with Crippen molar-refractivity contribution in [3.8, 4) is 0 Å². The second-order valence-corrected chi connectivity index (χ2v) is 8.41. The highest BCUT2D eigenvalue weighted by Crippen LogP contribution is 2.15. The third kappa shape index (κ3) is 3.99. The number of rotatable bonds is 6. The highest BCUT2D eigenvalue weighted by molar-refractivity contribution is 8.04. The van der Waals surface area contributed by atoms with Crippen LogP contribution < -0.4 is 0 Å². The van der Waals surface area contributed by atoms with Crippen molar-refractivity contribution < 1.29 is 25.6 Å². The van der Waals surface area contributed by atoms with Gasteiger partial charge in [-0.1, -0.05) is 0 Å². The Morgan fingerprint density at radius 1 is 1.44 bits per heavy atom. The van der Waals surface area contributed by atoms with Gasteiger partial charge in [-0.3, -0.25) is 8.74 Å². The molecule has 0 saturated heterocycles. The standard InChI is InChI=1S/C8H13NO6S3/c1-6-8(16-5-9-6)3-4-15-18(13,14)7(2)17(10,11)12/h5,7H,3-4H2,1-2H3,(H,10,11,12). The number of thiazole rings is 1. The lowest BCUT2D eigenvalue weighted by Gasteiger charge is -2.09. The first kappa shape index (κ1) is 15.5. The first-order valence-electron chi connectivity index (χ1n) is 4.88. The lowest BCUT2D eigenvalue weighted by Crippen LogP contribution is -2.29. The molecule has 0 aliphatic heterocycles. The van der Waals surface area contributed by atoms with Crippen molar-refractivity contribution in [1.82, 2.24) is 4.98 Å². The van der Waals surface area contributed by atoms with Crippen molar-refractivity contribution in [3.63, 3.8) is 0 Å². The van der Waals surface area contributed by atoms with Crippen molar-refractivity contribution >= 4 is 31.6 Å². The fourth-order valence-corrected chi connectivity index (χ4v) is 3.69. The summed E-state index contributed by atoms with van der Waals surface area (Å²) in [6.45, 7) is 2.44. The first-order chi connectivity index (χ1) is 8.14. The topological polar surface area (TPSA) is 111 Å². The van der Waals surface area contributed by atoms with Gasteiger partial charge in [-0.15, -0.1) is 11.3 Å². The van der Waals surface area contributed by atoms with E-state index in [-0.39, 0.29) is 6.61 Å². The molecule has 0 fully saturated rings. The van der Waals surface area contributed by atoms with E-state index in [4.69, 9.17) is 4.55 Å². The van der Waals surface area contributed by atoms with E-state index in [1.54, 1.807) is 12.4 Å². The molecule has 0 radical (unpaired) electrons. The van der Waals surface area contributed by atoms with Crippen molar-refractivity contribution in [2.75, 3.05) is 6.61 Å². The van der Waals surface area contributed by atoms with Crippen LogP contribution in [0.1, 0.15) is 17.5 Å². The number of hydrogen-bond donors (Lipinski definition) is 1. The molecule has 1 rings (SSSR count). The zero-order valence-electron chi connectivity index (χ0n) is 9.73. The summed E-state index contributed by atoms with van der Waals surface area (Å²) >= 11 is 1.36. The monoisotopic (exact) mass is 315 g/mol. The Morgan fingerprint density at radius 2 is 2.06 bits per heavy atom. The van der Waals surface area contributed by atoms with E-state index < -0.39 is 24.8 Å². The van der Waals surface area contributed by atoms with Crippen LogP contribution in [-0.2, 0) is 30.8 Å². The Kier molecular flexibility index (Phi) is 4.84. The molecule has 0 bridgehead atoms. The molecular formula is C8H13NO6S3. The average molecular weight is 315 g/mol. The molecule has 0 aliphatic rings. The van der Waals surface area contributed by atoms with Crippen molar-refractivity contribution in [1.29, 1.82) is 0 Å². The van der Waals surface area contributed by atoms with Crippen molar-refractivity contribution in [2.45, 2.75) is 24.9 Å². The van der Waals surface area contributed by atoms with Gasteiger partial charge in [0.25, 0.3) is 20.2 Å². The van der Waals surface area contributed by atoms with Gasteiger partial charge in [-0.25, -0.2) is 4.98 Å². The molecule has 0 saturated carbocycles. The predicted molar refractivity (Wildman–Crippen MR) is 66.4 cm³/mol. The minimum absolute atomic E-state index is 0.189. The van der Waals surface area contributed by atoms with Gasteiger partial charge in [-0.2, -0.15) is 16.8 Å². The molecule has 0 aromatic carbocycles. The second-order valence-electron chi connectivity index (χ2n) is 3.51. The zero-order valence-corrected chi connectivity index (χ0v) is 12.2. The summed E-state index contributed by atoms with van der Waals surface area (Å²) in [5.74, 6) is 0. The van der Waals surface area contributed by atoms with E-state index in [1.807, 2.05) is 0 Å². The highest BCUT2D eigenvalue weighted by atomic mass is 32.3. The molecule has 0 aliphatic carbocycles. The Hall–Kier alpha value is -0.550. The fourth-order valence-electron chi connectivity index (χ4n) is 1.06. The molecule has 10 heteroatoms. The molecule has 1 aromatic rings. The number of hydrogen-bond acceptors (Lipinski definition) is 7. The summed E-state index contributed by atoms with van der Waals surface area (Å²) < 4.78 is 55.5. The quantitative estimate of drug-likeness (QED) is 0.603. The van der Waals surface area contributed by atoms with Gasteiger partial charge in [0.1, 0.15) is 0 Å². The normalized spacial score (nSPS) is 14.6. The Labute approximate surface area is 110 Å². The summed E-state index contributed by atoms with van der Waals surface area (Å²) in [7, 11) is -9.01. The molecule has 0 spiro atoms. The highest BCUT2D eigenvalue weighted by Gasteiger charge is 2.33. The maximum Gasteiger partial charge on any atom is 0.287 e. The Morgan fingerprint density at radius 3 is 2.50 bits per heavy atom. The summed E-state index contributed by atoms with van der Waals surface area (Å²) in [5, 5.41) is 0. The molecule has 1 heterocycles. The minimum atomic E-state index is -4.68. The summed E-state index contributed by atoms with van der Waals surface area (Å²) in [4.78, 5) is 4.85. The number of aromatic nitrogens is 1. The average Bonchev–Trinajstić information content (AvgIpc) is 2.62. The van der Waals surface area contributed by atoms with Gasteiger partial charge < -0.3 is 0 Å². The van der Waals surface area contributed by atoms with E-state index in [2.05, 4.69) is 9.17 Å². The van der Waals surface area contributed by atoms with Crippen LogP contribution >= 0.6 is 11.3 Å². The van der Waals surface area contributed by atoms with Crippen molar-refractivity contribution in [2.24, 2.45) is 0 Å². The maximum atomic E-state index is 11.4. The third-order valence-corrected chi connectivity index (χ3v) is 6.83. The van der Waals surface area contributed by atoms with Crippen LogP contribution in [0.3, 0.4) is 0 Å². The Bertz CT molecular complexity index is 603. The minimum Gasteiger partial charge on any atom is -0.284 e. The summed E-state index contributed by atoms with van der Waals surface area (Å²) in [5.41, 5.74) is 2.41. The van der Waals surface area contributed by atoms with Gasteiger partial charge >= 0.3 is 0 Å². The zero-order chi connectivity index (χ0) is 14.0. The second kappa shape index (κ2) is 5.61. The molecular weight excluding hydrogens is 302 g/mol. The number of aryl methyl sites for hydroxylation is 1. The van der Waals surface area contributed by atoms with Gasteiger partial charge in [0, 0.05) is 11.3 Å². The molecule has 0 amide bonds. The van der Waals surface area contributed by atoms with Crippen LogP contribution in [0.15, 0.2) is 5.51 Å². The van der Waals surface area contributed by atoms with Gasteiger partial charge in [0.15, 0.2) is 0 Å². The van der Waals surface area contributed by atoms with Crippen LogP contribution in [-0.4, -0.2) is 37.6 Å². The smallest absolute Gasteiger partial charge is 0.284 e. The van der Waals surface area contributed by atoms with Crippen LogP contribution in [0, 0.1) is 6.92 Å². The van der Waals surface area contributed by atoms with E-state index in [9.17, 15) is 16.8 Å². The van der Waals surface area contributed by atoms with E-state index in [0.29, 0.717) is 6.42 Å². The summed E-state index contributed by atoms with van der Waals surface area (Å²) in [6.07, 6.45) is 0.313. The van der Waals surface area contributed by atoms with E-state index in [0.717, 1.165) is 17.5 Å². The molecule has 7 nitrogen and oxygen atoms in total. The van der Waals surface area contributed by atoms with Crippen LogP contribution in [0.2, 0.25) is 0 Å². The van der Waals surface area contributed by atoms with Gasteiger partial charge in [0.2, 0.25) is 4.58 Å². The van der Waals surface area contributed by atoms with Gasteiger partial charge in [-0.05, 0) is 13.8 Å². The summed E-state index contributed by atoms with van der Waals surface area (Å²) in [6, 6.07) is 0. The lowest BCUT2D eigenvalue weighted by molar-refractivity contribution is 0.320. The largest absolute Gasteiger partial charge is 0.287 e.